The van der Waals surface area contributed by atoms with Gasteiger partial charge in [0.25, 0.3) is 0 Å². The van der Waals surface area contributed by atoms with Crippen LogP contribution in [0.1, 0.15) is 13.8 Å². The average Bonchev–Trinajstić information content (AvgIpc) is 2.35. The molecule has 0 aliphatic rings. The number of aliphatic hydroxyl groups is 1. The Kier molecular flexibility index (Phi) is 6.07. The molecule has 0 spiro atoms. The zero-order chi connectivity index (χ0) is 16.0. The molecule has 5 nitrogen and oxygen atoms in total. The van der Waals surface area contributed by atoms with Crippen molar-refractivity contribution in [3.63, 3.8) is 0 Å². The molecule has 0 amide bonds. The van der Waals surface area contributed by atoms with E-state index in [9.17, 15) is 13.2 Å². The van der Waals surface area contributed by atoms with Gasteiger partial charge in [0.1, 0.15) is 12.4 Å². The largest absolute Gasteiger partial charge is 0.476 e. The van der Waals surface area contributed by atoms with E-state index in [-0.39, 0.29) is 29.8 Å². The maximum atomic E-state index is 12.5. The van der Waals surface area contributed by atoms with Crippen LogP contribution in [0.25, 0.3) is 0 Å². The van der Waals surface area contributed by atoms with E-state index in [1.54, 1.807) is 0 Å². The molecule has 1 aromatic rings. The van der Waals surface area contributed by atoms with Crippen molar-refractivity contribution in [2.24, 2.45) is 5.92 Å². The van der Waals surface area contributed by atoms with Crippen molar-refractivity contribution in [2.75, 3.05) is 36.9 Å². The van der Waals surface area contributed by atoms with E-state index in [1.165, 1.54) is 12.1 Å². The van der Waals surface area contributed by atoms with E-state index in [0.29, 0.717) is 6.61 Å². The van der Waals surface area contributed by atoms with Gasteiger partial charge in [-0.05, 0) is 18.1 Å². The number of hydrogen-bond acceptors (Lipinski definition) is 5. The normalized spacial score (nSPS) is 11.8. The molecule has 120 valence electrons. The van der Waals surface area contributed by atoms with Crippen molar-refractivity contribution in [2.45, 2.75) is 20.0 Å². The summed E-state index contributed by atoms with van der Waals surface area (Å²) >= 11 is 0. The first-order chi connectivity index (χ1) is 9.73. The molecular weight excluding hydrogens is 287 g/mol. The molecule has 21 heavy (non-hydrogen) atoms. The average molecular weight is 307 g/mol. The minimum absolute atomic E-state index is 0.0642. The number of halogens is 3. The molecule has 3 N–H and O–H groups in total. The molecule has 0 unspecified atom stereocenters. The number of pyridine rings is 1. The van der Waals surface area contributed by atoms with Crippen LogP contribution in [0.4, 0.5) is 24.7 Å². The van der Waals surface area contributed by atoms with Crippen LogP contribution in [0, 0.1) is 5.92 Å². The quantitative estimate of drug-likeness (QED) is 0.807. The zero-order valence-corrected chi connectivity index (χ0v) is 12.0. The summed E-state index contributed by atoms with van der Waals surface area (Å²) in [6, 6.07) is 2.82. The summed E-state index contributed by atoms with van der Waals surface area (Å²) in [4.78, 5) is 4.95. The van der Waals surface area contributed by atoms with Crippen LogP contribution in [0.3, 0.4) is 0 Å². The summed E-state index contributed by atoms with van der Waals surface area (Å²) < 4.78 is 43.0. The highest BCUT2D eigenvalue weighted by atomic mass is 19.4. The maximum Gasteiger partial charge on any atom is 0.405 e. The van der Waals surface area contributed by atoms with E-state index in [2.05, 4.69) is 4.98 Å². The van der Waals surface area contributed by atoms with E-state index >= 15 is 0 Å². The molecular formula is C13H20F3N3O2. The predicted molar refractivity (Wildman–Crippen MR) is 74.3 cm³/mol. The Hall–Kier alpha value is -1.70. The number of aromatic nitrogens is 1. The van der Waals surface area contributed by atoms with Gasteiger partial charge in [0, 0.05) is 6.54 Å². The first kappa shape index (κ1) is 17.4. The fraction of sp³-hybridized carbons (Fsp3) is 0.615. The fourth-order valence-electron chi connectivity index (χ4n) is 1.59. The van der Waals surface area contributed by atoms with Gasteiger partial charge >= 0.3 is 6.18 Å². The number of anilines is 2. The summed E-state index contributed by atoms with van der Waals surface area (Å²) in [5.74, 6) is 0.402. The van der Waals surface area contributed by atoms with E-state index in [4.69, 9.17) is 15.6 Å². The lowest BCUT2D eigenvalue weighted by Gasteiger charge is -2.24. The minimum atomic E-state index is -4.39. The third-order valence-electron chi connectivity index (χ3n) is 2.49. The second-order valence-electron chi connectivity index (χ2n) is 5.03. The van der Waals surface area contributed by atoms with Gasteiger partial charge in [-0.3, -0.25) is 0 Å². The number of rotatable bonds is 7. The highest BCUT2D eigenvalue weighted by Crippen LogP contribution is 2.26. The Bertz CT molecular complexity index is 453. The Balaban J connectivity index is 2.95. The second kappa shape index (κ2) is 7.35. The Morgan fingerprint density at radius 1 is 1.38 bits per heavy atom. The van der Waals surface area contributed by atoms with Gasteiger partial charge < -0.3 is 20.5 Å². The predicted octanol–water partition coefficient (Wildman–Crippen LogP) is 2.06. The highest BCUT2D eigenvalue weighted by Gasteiger charge is 2.31. The molecule has 0 aliphatic carbocycles. The minimum Gasteiger partial charge on any atom is -0.476 e. The first-order valence-corrected chi connectivity index (χ1v) is 6.55. The van der Waals surface area contributed by atoms with E-state index < -0.39 is 19.3 Å². The number of alkyl halides is 3. The van der Waals surface area contributed by atoms with Crippen LogP contribution in [0.2, 0.25) is 0 Å². The van der Waals surface area contributed by atoms with E-state index in [0.717, 1.165) is 4.90 Å². The summed E-state index contributed by atoms with van der Waals surface area (Å²) in [5, 5.41) is 8.90. The van der Waals surface area contributed by atoms with Crippen LogP contribution >= 0.6 is 0 Å². The van der Waals surface area contributed by atoms with Gasteiger partial charge in [-0.1, -0.05) is 13.8 Å². The van der Waals surface area contributed by atoms with Gasteiger partial charge in [-0.25, -0.2) is 0 Å². The number of ether oxygens (including phenoxy) is 1. The van der Waals surface area contributed by atoms with Gasteiger partial charge in [-0.15, -0.1) is 0 Å². The number of hydrogen-bond donors (Lipinski definition) is 2. The van der Waals surface area contributed by atoms with Crippen molar-refractivity contribution in [1.82, 2.24) is 4.98 Å². The number of nitrogens with two attached hydrogens (primary N) is 1. The molecule has 0 fully saturated rings. The molecule has 0 aromatic carbocycles. The lowest BCUT2D eigenvalue weighted by atomic mass is 10.2. The summed E-state index contributed by atoms with van der Waals surface area (Å²) in [7, 11) is 0. The number of aliphatic hydroxyl groups excluding tert-OH is 1. The summed E-state index contributed by atoms with van der Waals surface area (Å²) in [6.07, 6.45) is -4.39. The number of nitrogens with zero attached hydrogens (tertiary/aromatic N) is 2. The lowest BCUT2D eigenvalue weighted by Crippen LogP contribution is -2.36. The monoisotopic (exact) mass is 307 g/mol. The fourth-order valence-corrected chi connectivity index (χ4v) is 1.59. The van der Waals surface area contributed by atoms with Crippen molar-refractivity contribution in [1.29, 1.82) is 0 Å². The smallest absolute Gasteiger partial charge is 0.405 e. The van der Waals surface area contributed by atoms with Crippen molar-refractivity contribution >= 4 is 11.5 Å². The van der Waals surface area contributed by atoms with Gasteiger partial charge in [-0.2, -0.15) is 18.2 Å². The van der Waals surface area contributed by atoms with Gasteiger partial charge in [0.15, 0.2) is 0 Å². The molecule has 1 aromatic heterocycles. The third kappa shape index (κ3) is 6.07. The standard InChI is InChI=1S/C13H20F3N3O2/c1-9(2)7-21-12-10(17)3-4-11(18-12)19(5-6-20)8-13(14,15)16/h3-4,9,20H,5-8,17H2,1-2H3. The Labute approximate surface area is 121 Å². The van der Waals surface area contributed by atoms with Crippen LogP contribution in [-0.4, -0.2) is 42.6 Å². The molecule has 0 saturated heterocycles. The second-order valence-corrected chi connectivity index (χ2v) is 5.03. The van der Waals surface area contributed by atoms with Crippen LogP contribution < -0.4 is 15.4 Å². The lowest BCUT2D eigenvalue weighted by molar-refractivity contribution is -0.120. The molecule has 1 heterocycles. The maximum absolute atomic E-state index is 12.5. The van der Waals surface area contributed by atoms with Crippen molar-refractivity contribution < 1.29 is 23.0 Å². The number of nitrogen functional groups attached to an aromatic ring is 1. The third-order valence-corrected chi connectivity index (χ3v) is 2.49. The Morgan fingerprint density at radius 3 is 2.57 bits per heavy atom. The first-order valence-electron chi connectivity index (χ1n) is 6.55. The van der Waals surface area contributed by atoms with E-state index in [1.807, 2.05) is 13.8 Å². The van der Waals surface area contributed by atoms with Crippen LogP contribution in [-0.2, 0) is 0 Å². The highest BCUT2D eigenvalue weighted by molar-refractivity contribution is 5.54. The molecule has 0 saturated carbocycles. The Morgan fingerprint density at radius 2 is 2.05 bits per heavy atom. The van der Waals surface area contributed by atoms with Gasteiger partial charge in [0.05, 0.1) is 18.9 Å². The topological polar surface area (TPSA) is 71.6 Å². The molecule has 0 atom stereocenters. The molecule has 0 radical (unpaired) electrons. The van der Waals surface area contributed by atoms with Crippen molar-refractivity contribution in [3.8, 4) is 5.88 Å². The molecule has 8 heteroatoms. The van der Waals surface area contributed by atoms with Crippen LogP contribution in [0.5, 0.6) is 5.88 Å². The zero-order valence-electron chi connectivity index (χ0n) is 12.0. The molecule has 0 aliphatic heterocycles. The summed E-state index contributed by atoms with van der Waals surface area (Å²) in [6.45, 7) is 2.43. The van der Waals surface area contributed by atoms with Crippen molar-refractivity contribution in [3.05, 3.63) is 12.1 Å². The van der Waals surface area contributed by atoms with Crippen LogP contribution in [0.15, 0.2) is 12.1 Å². The molecule has 0 bridgehead atoms. The summed E-state index contributed by atoms with van der Waals surface area (Å²) in [5.41, 5.74) is 5.96. The SMILES string of the molecule is CC(C)COc1nc(N(CCO)CC(F)(F)F)ccc1N. The molecule has 1 rings (SSSR count). The van der Waals surface area contributed by atoms with Gasteiger partial charge in [0.2, 0.25) is 5.88 Å².